The summed E-state index contributed by atoms with van der Waals surface area (Å²) in [5.74, 6) is 0.365. The van der Waals surface area contributed by atoms with Crippen LogP contribution in [0.5, 0.6) is 0 Å². The number of esters is 1. The number of ether oxygens (including phenoxy) is 1. The number of pyridine rings is 1. The molecule has 10 nitrogen and oxygen atoms in total. The van der Waals surface area contributed by atoms with Gasteiger partial charge in [-0.15, -0.1) is 0 Å². The number of benzene rings is 1. The fourth-order valence-corrected chi connectivity index (χ4v) is 6.37. The maximum atomic E-state index is 12.7. The van der Waals surface area contributed by atoms with Crippen LogP contribution in [0.25, 0.3) is 0 Å². The van der Waals surface area contributed by atoms with Crippen molar-refractivity contribution >= 4 is 50.9 Å². The third-order valence-corrected chi connectivity index (χ3v) is 8.37. The Bertz CT molecular complexity index is 1220. The molecule has 1 unspecified atom stereocenters. The van der Waals surface area contributed by atoms with Gasteiger partial charge in [0.2, 0.25) is 0 Å². The molecule has 0 amide bonds. The summed E-state index contributed by atoms with van der Waals surface area (Å²) >= 11 is 12.5. The minimum Gasteiger partial charge on any atom is -0.468 e. The van der Waals surface area contributed by atoms with Gasteiger partial charge in [0.05, 0.1) is 24.0 Å². The Morgan fingerprint density at radius 2 is 1.87 bits per heavy atom. The Morgan fingerprint density at radius 1 is 1.18 bits per heavy atom. The van der Waals surface area contributed by atoms with Gasteiger partial charge in [-0.3, -0.25) is 14.5 Å². The molecule has 2 aliphatic rings. The number of hydrogen-bond donors (Lipinski definition) is 2. The maximum absolute atomic E-state index is 12.7. The molecule has 3 N–H and O–H groups in total. The van der Waals surface area contributed by atoms with Crippen molar-refractivity contribution in [3.05, 3.63) is 52.1 Å². The number of nitrogens with one attached hydrogen (secondary N) is 1. The highest BCUT2D eigenvalue weighted by Crippen LogP contribution is 2.32. The molecule has 0 aliphatic carbocycles. The number of carbonyl (C=O) groups is 1. The second-order valence-corrected chi connectivity index (χ2v) is 11.8. The van der Waals surface area contributed by atoms with E-state index in [1.165, 1.54) is 19.4 Å². The minimum atomic E-state index is -3.90. The first-order valence-corrected chi connectivity index (χ1v) is 14.9. The zero-order valence-electron chi connectivity index (χ0n) is 21.5. The van der Waals surface area contributed by atoms with Crippen molar-refractivity contribution in [1.82, 2.24) is 14.8 Å². The molecule has 4 rings (SSSR count). The normalized spacial score (nSPS) is 20.8. The quantitative estimate of drug-likeness (QED) is 0.453. The van der Waals surface area contributed by atoms with Crippen LogP contribution in [-0.4, -0.2) is 81.1 Å². The molecule has 0 radical (unpaired) electrons. The molecule has 3 heterocycles. The van der Waals surface area contributed by atoms with Gasteiger partial charge in [0.25, 0.3) is 10.2 Å². The Labute approximate surface area is 234 Å². The van der Waals surface area contributed by atoms with Gasteiger partial charge in [-0.1, -0.05) is 42.3 Å². The molecule has 2 aliphatic heterocycles. The lowest BCUT2D eigenvalue weighted by molar-refractivity contribution is -0.148. The van der Waals surface area contributed by atoms with Crippen LogP contribution >= 0.6 is 23.2 Å². The van der Waals surface area contributed by atoms with Crippen molar-refractivity contribution in [3.63, 3.8) is 0 Å². The number of piperazine rings is 1. The average Bonchev–Trinajstić information content (AvgIpc) is 2.89. The van der Waals surface area contributed by atoms with Gasteiger partial charge < -0.3 is 9.64 Å². The molecule has 1 aromatic carbocycles. The summed E-state index contributed by atoms with van der Waals surface area (Å²) in [5, 5.41) is 6.05. The Hall–Kier alpha value is -2.15. The molecule has 2 saturated heterocycles. The zero-order chi connectivity index (χ0) is 27.4. The largest absolute Gasteiger partial charge is 0.468 e. The van der Waals surface area contributed by atoms with E-state index in [-0.39, 0.29) is 11.7 Å². The van der Waals surface area contributed by atoms with Crippen molar-refractivity contribution in [1.29, 1.82) is 0 Å². The fourth-order valence-electron chi connectivity index (χ4n) is 5.52. The van der Waals surface area contributed by atoms with Gasteiger partial charge in [-0.05, 0) is 43.0 Å². The van der Waals surface area contributed by atoms with Gasteiger partial charge in [0.1, 0.15) is 11.9 Å². The third-order valence-electron chi connectivity index (χ3n) is 7.32. The number of carbonyl (C=O) groups excluding carboxylic acids is 1. The molecule has 208 valence electrons. The van der Waals surface area contributed by atoms with Crippen LogP contribution in [0.1, 0.15) is 37.8 Å². The second kappa shape index (κ2) is 12.4. The number of hydrogen-bond acceptors (Lipinski definition) is 8. The van der Waals surface area contributed by atoms with E-state index in [0.717, 1.165) is 57.5 Å². The SMILES string of the molecule is CC[C@H]1CN(c2ncc(NS(N)(=O)=O)cc2Cl)CCN1C1CCN(C(C(=O)OC)c2ccc(Cl)cc2)CC1. The molecule has 2 aromatic rings. The number of nitrogens with zero attached hydrogens (tertiary/aromatic N) is 4. The highest BCUT2D eigenvalue weighted by atomic mass is 35.5. The number of aromatic nitrogens is 1. The van der Waals surface area contributed by atoms with E-state index in [0.29, 0.717) is 27.9 Å². The monoisotopic (exact) mass is 584 g/mol. The van der Waals surface area contributed by atoms with Crippen molar-refractivity contribution in [2.45, 2.75) is 44.3 Å². The number of nitrogens with two attached hydrogens (primary N) is 1. The predicted octanol–water partition coefficient (Wildman–Crippen LogP) is 3.28. The van der Waals surface area contributed by atoms with Crippen LogP contribution in [0, 0.1) is 0 Å². The first-order valence-electron chi connectivity index (χ1n) is 12.6. The van der Waals surface area contributed by atoms with Gasteiger partial charge in [-0.2, -0.15) is 8.42 Å². The third kappa shape index (κ3) is 6.88. The Kier molecular flexibility index (Phi) is 9.38. The Morgan fingerprint density at radius 3 is 2.45 bits per heavy atom. The lowest BCUT2D eigenvalue weighted by Gasteiger charge is -2.48. The van der Waals surface area contributed by atoms with Gasteiger partial charge in [0.15, 0.2) is 0 Å². The van der Waals surface area contributed by atoms with E-state index < -0.39 is 16.3 Å². The van der Waals surface area contributed by atoms with Crippen LogP contribution in [0.4, 0.5) is 11.5 Å². The Balaban J connectivity index is 1.40. The van der Waals surface area contributed by atoms with Gasteiger partial charge >= 0.3 is 5.97 Å². The molecule has 0 saturated carbocycles. The van der Waals surface area contributed by atoms with Crippen LogP contribution in [0.2, 0.25) is 10.0 Å². The van der Waals surface area contributed by atoms with Crippen molar-refractivity contribution in [3.8, 4) is 0 Å². The van der Waals surface area contributed by atoms with Crippen molar-refractivity contribution in [2.24, 2.45) is 5.14 Å². The van der Waals surface area contributed by atoms with Crippen LogP contribution in [0.15, 0.2) is 36.5 Å². The molecule has 0 bridgehead atoms. The molecule has 2 fully saturated rings. The number of anilines is 2. The smallest absolute Gasteiger partial charge is 0.327 e. The first kappa shape index (κ1) is 28.8. The summed E-state index contributed by atoms with van der Waals surface area (Å²) < 4.78 is 29.9. The molecular weight excluding hydrogens is 551 g/mol. The lowest BCUT2D eigenvalue weighted by atomic mass is 9.95. The molecule has 13 heteroatoms. The van der Waals surface area contributed by atoms with Gasteiger partial charge in [-0.25, -0.2) is 14.9 Å². The molecule has 2 atom stereocenters. The molecule has 0 spiro atoms. The summed E-state index contributed by atoms with van der Waals surface area (Å²) in [4.78, 5) is 24.0. The average molecular weight is 586 g/mol. The van der Waals surface area contributed by atoms with Crippen LogP contribution < -0.4 is 14.8 Å². The summed E-state index contributed by atoms with van der Waals surface area (Å²) in [6.45, 7) is 6.13. The van der Waals surface area contributed by atoms with E-state index >= 15 is 0 Å². The first-order chi connectivity index (χ1) is 18.1. The maximum Gasteiger partial charge on any atom is 0.327 e. The molecule has 1 aromatic heterocycles. The number of methoxy groups -OCH3 is 1. The van der Waals surface area contributed by atoms with E-state index in [4.69, 9.17) is 33.1 Å². The van der Waals surface area contributed by atoms with Crippen LogP contribution in [-0.2, 0) is 19.7 Å². The minimum absolute atomic E-state index is 0.225. The van der Waals surface area contributed by atoms with E-state index in [1.54, 1.807) is 12.1 Å². The van der Waals surface area contributed by atoms with Crippen LogP contribution in [0.3, 0.4) is 0 Å². The van der Waals surface area contributed by atoms with E-state index in [2.05, 4.69) is 31.3 Å². The highest BCUT2D eigenvalue weighted by Gasteiger charge is 2.37. The highest BCUT2D eigenvalue weighted by molar-refractivity contribution is 7.90. The van der Waals surface area contributed by atoms with E-state index in [1.807, 2.05) is 12.1 Å². The summed E-state index contributed by atoms with van der Waals surface area (Å²) in [7, 11) is -2.48. The number of rotatable bonds is 8. The zero-order valence-corrected chi connectivity index (χ0v) is 23.8. The summed E-state index contributed by atoms with van der Waals surface area (Å²) in [6.07, 6.45) is 4.29. The second-order valence-electron chi connectivity index (χ2n) is 9.67. The predicted molar refractivity (Wildman–Crippen MR) is 150 cm³/mol. The van der Waals surface area contributed by atoms with Crippen molar-refractivity contribution < 1.29 is 17.9 Å². The standard InChI is InChI=1S/C25H34Cl2N6O4S/c1-3-20-16-32(24-22(27)14-19(15-29-24)30-38(28,35)36)12-13-33(20)21-8-10-31(11-9-21)23(25(34)37-2)17-4-6-18(26)7-5-17/h4-7,14-15,20-21,23,30H,3,8-13,16H2,1-2H3,(H2,28,35,36)/t20-,23?/m0/s1. The topological polar surface area (TPSA) is 121 Å². The number of piperidine rings is 1. The van der Waals surface area contributed by atoms with E-state index in [9.17, 15) is 13.2 Å². The summed E-state index contributed by atoms with van der Waals surface area (Å²) in [5.41, 5.74) is 1.11. The molecular formula is C25H34Cl2N6O4S. The van der Waals surface area contributed by atoms with Gasteiger partial charge in [0, 0.05) is 49.8 Å². The van der Waals surface area contributed by atoms with Crippen molar-refractivity contribution in [2.75, 3.05) is 49.5 Å². The molecule has 38 heavy (non-hydrogen) atoms. The number of likely N-dealkylation sites (tertiary alicyclic amines) is 1. The summed E-state index contributed by atoms with van der Waals surface area (Å²) in [6, 6.07) is 9.18. The fraction of sp³-hybridized carbons (Fsp3) is 0.520. The lowest BCUT2D eigenvalue weighted by Crippen LogP contribution is -2.58. The number of halogens is 2.